The number of rotatable bonds is 2. The molecule has 0 aromatic heterocycles. The van der Waals surface area contributed by atoms with Gasteiger partial charge in [0.15, 0.2) is 0 Å². The highest BCUT2D eigenvalue weighted by atomic mass is 32.2. The molecule has 16 heavy (non-hydrogen) atoms. The van der Waals surface area contributed by atoms with Crippen LogP contribution in [0.3, 0.4) is 0 Å². The van der Waals surface area contributed by atoms with Crippen LogP contribution in [-0.4, -0.2) is 18.2 Å². The van der Waals surface area contributed by atoms with E-state index in [2.05, 4.69) is 0 Å². The summed E-state index contributed by atoms with van der Waals surface area (Å²) in [7, 11) is -5.29. The van der Waals surface area contributed by atoms with E-state index >= 15 is 0 Å². The van der Waals surface area contributed by atoms with Gasteiger partial charge in [0.25, 0.3) is 0 Å². The third-order valence-corrected chi connectivity index (χ3v) is 5.62. The summed E-state index contributed by atoms with van der Waals surface area (Å²) in [6, 6.07) is 0. The van der Waals surface area contributed by atoms with E-state index in [4.69, 9.17) is 4.55 Å². The molecule has 0 amide bonds. The van der Waals surface area contributed by atoms with Crippen molar-refractivity contribution >= 4 is 10.1 Å². The largest absolute Gasteiger partial charge is 0.373 e. The predicted molar refractivity (Wildman–Crippen MR) is 54.6 cm³/mol. The molecule has 94 valence electrons. The number of halogens is 2. The van der Waals surface area contributed by atoms with E-state index in [1.807, 2.05) is 13.8 Å². The Balaban J connectivity index is 2.34. The zero-order valence-electron chi connectivity index (χ0n) is 9.28. The van der Waals surface area contributed by atoms with E-state index < -0.39 is 21.3 Å². The van der Waals surface area contributed by atoms with Crippen LogP contribution in [0.5, 0.6) is 0 Å². The molecule has 2 rings (SSSR count). The van der Waals surface area contributed by atoms with Gasteiger partial charge in [-0.3, -0.25) is 4.55 Å². The fourth-order valence-electron chi connectivity index (χ4n) is 3.60. The van der Waals surface area contributed by atoms with Crippen LogP contribution in [-0.2, 0) is 10.1 Å². The minimum atomic E-state index is -5.29. The van der Waals surface area contributed by atoms with Crippen LogP contribution in [0.4, 0.5) is 8.78 Å². The molecule has 2 aliphatic carbocycles. The van der Waals surface area contributed by atoms with Crippen LogP contribution < -0.4 is 0 Å². The SMILES string of the molecule is CC1(C)C2CCC1C(C(F)(F)S(=O)(=O)O)C2. The second-order valence-electron chi connectivity index (χ2n) is 5.58. The highest BCUT2D eigenvalue weighted by Gasteiger charge is 2.64. The van der Waals surface area contributed by atoms with Crippen molar-refractivity contribution in [3.05, 3.63) is 0 Å². The Hall–Kier alpha value is -0.230. The topological polar surface area (TPSA) is 54.4 Å². The highest BCUT2D eigenvalue weighted by molar-refractivity contribution is 7.86. The summed E-state index contributed by atoms with van der Waals surface area (Å²) in [4.78, 5) is 0. The quantitative estimate of drug-likeness (QED) is 0.770. The van der Waals surface area contributed by atoms with Gasteiger partial charge in [0.1, 0.15) is 0 Å². The average molecular weight is 254 g/mol. The first-order valence-corrected chi connectivity index (χ1v) is 6.87. The molecule has 0 aromatic rings. The first-order valence-electron chi connectivity index (χ1n) is 5.43. The standard InChI is InChI=1S/C10H16F2O3S/c1-9(2)6-3-4-7(9)8(5-6)10(11,12)16(13,14)15/h6-8H,3-5H2,1-2H3,(H,13,14,15). The molecule has 0 aliphatic heterocycles. The maximum atomic E-state index is 13.6. The molecule has 0 spiro atoms. The van der Waals surface area contributed by atoms with Gasteiger partial charge in [-0.05, 0) is 36.5 Å². The summed E-state index contributed by atoms with van der Waals surface area (Å²) < 4.78 is 57.3. The second-order valence-corrected chi connectivity index (χ2v) is 7.08. The molecule has 3 nitrogen and oxygen atoms in total. The van der Waals surface area contributed by atoms with E-state index in [1.54, 1.807) is 0 Å². The monoisotopic (exact) mass is 254 g/mol. The Kier molecular flexibility index (Phi) is 2.42. The smallest absolute Gasteiger partial charge is 0.281 e. The minimum absolute atomic E-state index is 0.148. The lowest BCUT2D eigenvalue weighted by Gasteiger charge is -2.30. The van der Waals surface area contributed by atoms with Gasteiger partial charge >= 0.3 is 15.4 Å². The normalized spacial score (nSPS) is 37.9. The van der Waals surface area contributed by atoms with Gasteiger partial charge in [-0.15, -0.1) is 0 Å². The predicted octanol–water partition coefficient (Wildman–Crippen LogP) is 2.54. The Bertz CT molecular complexity index is 402. The fourth-order valence-corrected chi connectivity index (χ4v) is 4.25. The molecular formula is C10H16F2O3S. The Morgan fingerprint density at radius 1 is 1.31 bits per heavy atom. The highest BCUT2D eigenvalue weighted by Crippen LogP contribution is 2.63. The summed E-state index contributed by atoms with van der Waals surface area (Å²) in [6.07, 6.45) is 1.72. The lowest BCUT2D eigenvalue weighted by atomic mass is 9.80. The van der Waals surface area contributed by atoms with E-state index in [9.17, 15) is 17.2 Å². The molecule has 1 N–H and O–H groups in total. The molecule has 2 bridgehead atoms. The van der Waals surface area contributed by atoms with Gasteiger partial charge < -0.3 is 0 Å². The van der Waals surface area contributed by atoms with Gasteiger partial charge in [0.05, 0.1) is 0 Å². The van der Waals surface area contributed by atoms with Crippen molar-refractivity contribution in [1.29, 1.82) is 0 Å². The first kappa shape index (κ1) is 12.2. The molecule has 2 fully saturated rings. The van der Waals surface area contributed by atoms with Crippen molar-refractivity contribution in [2.75, 3.05) is 0 Å². The summed E-state index contributed by atoms with van der Waals surface area (Å²) >= 11 is 0. The number of hydrogen-bond donors (Lipinski definition) is 1. The van der Waals surface area contributed by atoms with E-state index in [0.717, 1.165) is 6.42 Å². The summed E-state index contributed by atoms with van der Waals surface area (Å²) in [5.41, 5.74) is -0.237. The Morgan fingerprint density at radius 3 is 2.19 bits per heavy atom. The van der Waals surface area contributed by atoms with Gasteiger partial charge in [-0.25, -0.2) is 0 Å². The van der Waals surface area contributed by atoms with Crippen molar-refractivity contribution in [3.63, 3.8) is 0 Å². The van der Waals surface area contributed by atoms with Crippen LogP contribution in [0, 0.1) is 23.2 Å². The van der Waals surface area contributed by atoms with E-state index in [0.29, 0.717) is 6.42 Å². The molecule has 2 aliphatic rings. The van der Waals surface area contributed by atoms with Crippen molar-refractivity contribution in [3.8, 4) is 0 Å². The molecule has 0 heterocycles. The number of fused-ring (bicyclic) bond motifs is 2. The minimum Gasteiger partial charge on any atom is -0.281 e. The third-order valence-electron chi connectivity index (χ3n) is 4.63. The maximum Gasteiger partial charge on any atom is 0.373 e. The van der Waals surface area contributed by atoms with Crippen LogP contribution in [0.2, 0.25) is 0 Å². The molecule has 6 heteroatoms. The summed E-state index contributed by atoms with van der Waals surface area (Å²) in [5.74, 6) is -1.39. The van der Waals surface area contributed by atoms with Crippen molar-refractivity contribution in [2.24, 2.45) is 23.2 Å². The average Bonchev–Trinajstić information content (AvgIpc) is 2.53. The van der Waals surface area contributed by atoms with Crippen LogP contribution in [0.1, 0.15) is 33.1 Å². The number of hydrogen-bond acceptors (Lipinski definition) is 2. The molecule has 0 radical (unpaired) electrons. The van der Waals surface area contributed by atoms with Crippen LogP contribution in [0.15, 0.2) is 0 Å². The first-order chi connectivity index (χ1) is 7.08. The second kappa shape index (κ2) is 3.16. The van der Waals surface area contributed by atoms with E-state index in [-0.39, 0.29) is 23.7 Å². The van der Waals surface area contributed by atoms with Crippen LogP contribution >= 0.6 is 0 Å². The summed E-state index contributed by atoms with van der Waals surface area (Å²) in [5, 5.41) is -4.00. The Morgan fingerprint density at radius 2 is 1.88 bits per heavy atom. The number of alkyl halides is 2. The van der Waals surface area contributed by atoms with Crippen molar-refractivity contribution < 1.29 is 21.8 Å². The van der Waals surface area contributed by atoms with Gasteiger partial charge in [-0.2, -0.15) is 17.2 Å². The fraction of sp³-hybridized carbons (Fsp3) is 1.00. The van der Waals surface area contributed by atoms with Crippen LogP contribution in [0.25, 0.3) is 0 Å². The van der Waals surface area contributed by atoms with E-state index in [1.165, 1.54) is 0 Å². The van der Waals surface area contributed by atoms with Gasteiger partial charge in [-0.1, -0.05) is 13.8 Å². The van der Waals surface area contributed by atoms with Crippen molar-refractivity contribution in [1.82, 2.24) is 0 Å². The zero-order chi connectivity index (χ0) is 12.4. The Labute approximate surface area is 94.0 Å². The molecular weight excluding hydrogens is 238 g/mol. The van der Waals surface area contributed by atoms with Crippen molar-refractivity contribution in [2.45, 2.75) is 38.4 Å². The van der Waals surface area contributed by atoms with Gasteiger partial charge in [0, 0.05) is 5.92 Å². The summed E-state index contributed by atoms with van der Waals surface area (Å²) in [6.45, 7) is 3.82. The lowest BCUT2D eigenvalue weighted by molar-refractivity contribution is -0.0140. The lowest BCUT2D eigenvalue weighted by Crippen LogP contribution is -2.40. The molecule has 3 unspecified atom stereocenters. The zero-order valence-corrected chi connectivity index (χ0v) is 10.1. The molecule has 0 saturated heterocycles. The molecule has 3 atom stereocenters. The molecule has 2 saturated carbocycles. The maximum absolute atomic E-state index is 13.6. The van der Waals surface area contributed by atoms with Gasteiger partial charge in [0.2, 0.25) is 0 Å². The third kappa shape index (κ3) is 1.42. The molecule has 0 aromatic carbocycles.